The van der Waals surface area contributed by atoms with Crippen LogP contribution in [0.3, 0.4) is 0 Å². The topological polar surface area (TPSA) is 92.8 Å². The lowest BCUT2D eigenvalue weighted by Crippen LogP contribution is -2.40. The van der Waals surface area contributed by atoms with Crippen LogP contribution in [0, 0.1) is 13.8 Å². The van der Waals surface area contributed by atoms with Crippen LogP contribution in [0.2, 0.25) is 0 Å². The van der Waals surface area contributed by atoms with Gasteiger partial charge in [0.15, 0.2) is 0 Å². The van der Waals surface area contributed by atoms with Crippen molar-refractivity contribution in [2.24, 2.45) is 0 Å². The van der Waals surface area contributed by atoms with Gasteiger partial charge in [0.2, 0.25) is 0 Å². The SMILES string of the molecule is Cc1ccc(S(=O)(=O)O[C@@H](C)[C@@H]2CN2C(c2ccccc2)(c2ccccc2)c2ccccc2)cc1.Cc1ccc(S(=O)(=O)O[C@@H](C)[C@@H]2CN2C(c2ccccc2)(c2ccccc2)c2ccccc2)cc1. The molecule has 2 saturated heterocycles. The van der Waals surface area contributed by atoms with E-state index in [4.69, 9.17) is 8.37 Å². The van der Waals surface area contributed by atoms with Gasteiger partial charge in [-0.3, -0.25) is 18.2 Å². The van der Waals surface area contributed by atoms with Crippen LogP contribution >= 0.6 is 0 Å². The molecule has 2 unspecified atom stereocenters. The molecule has 10 rings (SSSR count). The second kappa shape index (κ2) is 20.5. The highest BCUT2D eigenvalue weighted by molar-refractivity contribution is 7.87. The van der Waals surface area contributed by atoms with Crippen molar-refractivity contribution in [2.75, 3.05) is 13.1 Å². The van der Waals surface area contributed by atoms with Crippen LogP contribution in [0.4, 0.5) is 0 Å². The van der Waals surface area contributed by atoms with Crippen LogP contribution in [0.5, 0.6) is 0 Å². The van der Waals surface area contributed by atoms with Crippen molar-refractivity contribution < 1.29 is 25.2 Å². The summed E-state index contributed by atoms with van der Waals surface area (Å²) in [7, 11) is -7.74. The first-order valence-corrected chi connectivity index (χ1v) is 26.5. The molecular formula is C60H58N2O6S2. The molecule has 8 aromatic rings. The van der Waals surface area contributed by atoms with E-state index in [-0.39, 0.29) is 21.9 Å². The van der Waals surface area contributed by atoms with Gasteiger partial charge in [-0.05, 0) is 85.3 Å². The summed E-state index contributed by atoms with van der Waals surface area (Å²) in [5.74, 6) is 0. The number of nitrogens with zero attached hydrogens (tertiary/aromatic N) is 2. The Balaban J connectivity index is 0.000000174. The van der Waals surface area contributed by atoms with Gasteiger partial charge in [0.25, 0.3) is 20.2 Å². The number of hydrogen-bond acceptors (Lipinski definition) is 8. The number of rotatable bonds is 16. The van der Waals surface area contributed by atoms with Gasteiger partial charge in [0.05, 0.1) is 45.2 Å². The van der Waals surface area contributed by atoms with Gasteiger partial charge < -0.3 is 0 Å². The normalized spacial score (nSPS) is 18.7. The van der Waals surface area contributed by atoms with Crippen LogP contribution in [-0.2, 0) is 39.7 Å². The molecule has 8 aromatic carbocycles. The third-order valence-corrected chi connectivity index (χ3v) is 16.4. The van der Waals surface area contributed by atoms with Gasteiger partial charge in [-0.1, -0.05) is 217 Å². The van der Waals surface area contributed by atoms with Crippen molar-refractivity contribution in [3.05, 3.63) is 275 Å². The molecule has 0 saturated carbocycles. The maximum absolute atomic E-state index is 13.0. The molecule has 0 radical (unpaired) electrons. The maximum atomic E-state index is 13.0. The predicted octanol–water partition coefficient (Wildman–Crippen LogP) is 11.5. The molecule has 0 spiro atoms. The minimum absolute atomic E-state index is 0.0733. The van der Waals surface area contributed by atoms with Crippen LogP contribution in [0.1, 0.15) is 58.4 Å². The molecule has 8 nitrogen and oxygen atoms in total. The molecule has 0 N–H and O–H groups in total. The van der Waals surface area contributed by atoms with Gasteiger partial charge >= 0.3 is 0 Å². The molecule has 70 heavy (non-hydrogen) atoms. The lowest BCUT2D eigenvalue weighted by Gasteiger charge is -2.38. The molecule has 6 atom stereocenters. The molecule has 356 valence electrons. The van der Waals surface area contributed by atoms with E-state index >= 15 is 0 Å². The van der Waals surface area contributed by atoms with E-state index in [1.165, 1.54) is 0 Å². The van der Waals surface area contributed by atoms with Crippen LogP contribution in [0.15, 0.2) is 240 Å². The summed E-state index contributed by atoms with van der Waals surface area (Å²) in [6, 6.07) is 75.9. The Bertz CT molecular complexity index is 2770. The van der Waals surface area contributed by atoms with Crippen molar-refractivity contribution in [2.45, 2.75) is 72.9 Å². The Hall–Kier alpha value is -6.50. The van der Waals surface area contributed by atoms with E-state index in [1.807, 2.05) is 64.1 Å². The fraction of sp³-hybridized carbons (Fsp3) is 0.200. The summed E-state index contributed by atoms with van der Waals surface area (Å²) >= 11 is 0. The zero-order valence-corrected chi connectivity index (χ0v) is 41.5. The highest BCUT2D eigenvalue weighted by Crippen LogP contribution is 2.51. The van der Waals surface area contributed by atoms with E-state index in [0.29, 0.717) is 13.1 Å². The van der Waals surface area contributed by atoms with Gasteiger partial charge in [-0.25, -0.2) is 0 Å². The smallest absolute Gasteiger partial charge is 0.278 e. The average molecular weight is 967 g/mol. The van der Waals surface area contributed by atoms with E-state index in [2.05, 4.69) is 155 Å². The zero-order chi connectivity index (χ0) is 48.9. The van der Waals surface area contributed by atoms with Crippen molar-refractivity contribution in [1.29, 1.82) is 0 Å². The van der Waals surface area contributed by atoms with Crippen molar-refractivity contribution in [3.8, 4) is 0 Å². The van der Waals surface area contributed by atoms with Crippen LogP contribution in [-0.4, -0.2) is 64.0 Å². The molecule has 0 amide bonds. The van der Waals surface area contributed by atoms with Crippen molar-refractivity contribution >= 4 is 20.2 Å². The fourth-order valence-corrected chi connectivity index (χ4v) is 12.2. The van der Waals surface area contributed by atoms with Crippen molar-refractivity contribution in [1.82, 2.24) is 9.80 Å². The summed E-state index contributed by atoms with van der Waals surface area (Å²) in [5.41, 5.74) is 7.66. The average Bonchev–Trinajstić information content (AvgIpc) is 4.34. The van der Waals surface area contributed by atoms with Crippen LogP contribution < -0.4 is 0 Å². The third kappa shape index (κ3) is 9.81. The number of hydrogen-bond donors (Lipinski definition) is 0. The van der Waals surface area contributed by atoms with E-state index in [9.17, 15) is 16.8 Å². The molecule has 2 heterocycles. The fourth-order valence-electron chi connectivity index (χ4n) is 10.0. The van der Waals surface area contributed by atoms with Crippen molar-refractivity contribution in [3.63, 3.8) is 0 Å². The highest BCUT2D eigenvalue weighted by atomic mass is 32.2. The zero-order valence-electron chi connectivity index (χ0n) is 39.8. The predicted molar refractivity (Wildman–Crippen MR) is 277 cm³/mol. The Labute approximate surface area is 414 Å². The first-order chi connectivity index (χ1) is 33.9. The molecule has 0 bridgehead atoms. The Morgan fingerprint density at radius 3 is 0.800 bits per heavy atom. The summed E-state index contributed by atoms with van der Waals surface area (Å²) in [5, 5.41) is 0. The second-order valence-corrected chi connectivity index (χ2v) is 21.3. The van der Waals surface area contributed by atoms with Gasteiger partial charge in [0, 0.05) is 13.1 Å². The largest absolute Gasteiger partial charge is 0.297 e. The first-order valence-electron chi connectivity index (χ1n) is 23.7. The summed E-state index contributed by atoms with van der Waals surface area (Å²) in [6.45, 7) is 8.98. The molecule has 2 fully saturated rings. The van der Waals surface area contributed by atoms with E-state index in [0.717, 1.165) is 44.5 Å². The third-order valence-electron chi connectivity index (χ3n) is 13.6. The molecule has 10 heteroatoms. The molecular weight excluding hydrogens is 909 g/mol. The summed E-state index contributed by atoms with van der Waals surface area (Å²) in [6.07, 6.45) is -1.03. The van der Waals surface area contributed by atoms with Crippen LogP contribution in [0.25, 0.3) is 0 Å². The van der Waals surface area contributed by atoms with E-state index < -0.39 is 43.5 Å². The molecule has 2 aliphatic heterocycles. The Morgan fingerprint density at radius 1 is 0.371 bits per heavy atom. The van der Waals surface area contributed by atoms with E-state index in [1.54, 1.807) is 48.5 Å². The maximum Gasteiger partial charge on any atom is 0.297 e. The highest BCUT2D eigenvalue weighted by Gasteiger charge is 2.57. The van der Waals surface area contributed by atoms with Gasteiger partial charge in [-0.15, -0.1) is 0 Å². The molecule has 0 aromatic heterocycles. The lowest BCUT2D eigenvalue weighted by molar-refractivity contribution is 0.184. The summed E-state index contributed by atoms with van der Waals surface area (Å²) in [4.78, 5) is 5.06. The second-order valence-electron chi connectivity index (χ2n) is 18.2. The monoisotopic (exact) mass is 966 g/mol. The first kappa shape index (κ1) is 48.5. The minimum atomic E-state index is -3.87. The Kier molecular flexibility index (Phi) is 14.2. The molecule has 2 aliphatic rings. The van der Waals surface area contributed by atoms with Gasteiger partial charge in [0.1, 0.15) is 0 Å². The standard InChI is InChI=1S/2C30H29NO3S/c2*1-23-18-20-28(21-19-23)35(32,33)34-24(2)29-22-31(29)30(25-12-6-3-7-13-25,26-14-8-4-9-15-26)27-16-10-5-11-17-27/h2*3-21,24,29H,22H2,1-2H3/t2*24-,29-,31?/m00/s1. The minimum Gasteiger partial charge on any atom is -0.278 e. The molecule has 0 aliphatic carbocycles. The Morgan fingerprint density at radius 2 is 0.586 bits per heavy atom. The summed E-state index contributed by atoms with van der Waals surface area (Å²) < 4.78 is 63.5. The van der Waals surface area contributed by atoms with Gasteiger partial charge in [-0.2, -0.15) is 16.8 Å². The number of benzene rings is 8. The quantitative estimate of drug-likeness (QED) is 0.0537. The number of aryl methyl sites for hydroxylation is 2. The lowest BCUT2D eigenvalue weighted by atomic mass is 9.76.